The monoisotopic (exact) mass is 531 g/mol. The second kappa shape index (κ2) is 12.4. The molecule has 2 heterocycles. The number of benzene rings is 1. The van der Waals surface area contributed by atoms with Gasteiger partial charge in [-0.1, -0.05) is 24.8 Å². The maximum absolute atomic E-state index is 13.5. The first kappa shape index (κ1) is 28.4. The summed E-state index contributed by atoms with van der Waals surface area (Å²) in [7, 11) is 0.627. The van der Waals surface area contributed by atoms with E-state index in [0.29, 0.717) is 11.3 Å². The van der Waals surface area contributed by atoms with Gasteiger partial charge in [-0.25, -0.2) is 13.4 Å². The summed E-state index contributed by atoms with van der Waals surface area (Å²) in [5.41, 5.74) is 0.701. The predicted octanol–water partition coefficient (Wildman–Crippen LogP) is 1.63. The number of amides is 1. The van der Waals surface area contributed by atoms with Crippen LogP contribution in [0.15, 0.2) is 41.4 Å². The number of hydrogen-bond donors (Lipinski definition) is 1. The molecule has 37 heavy (non-hydrogen) atoms. The number of ether oxygens (including phenoxy) is 3. The Morgan fingerprint density at radius 3 is 2.76 bits per heavy atom. The Balaban J connectivity index is 1.97. The lowest BCUT2D eigenvalue weighted by Gasteiger charge is -2.37. The average molecular weight is 532 g/mol. The van der Waals surface area contributed by atoms with Gasteiger partial charge in [0.15, 0.2) is 0 Å². The van der Waals surface area contributed by atoms with Crippen molar-refractivity contribution in [3.8, 4) is 23.5 Å². The molecule has 2 aromatic rings. The number of aromatic nitrogens is 1. The number of pyridine rings is 1. The maximum atomic E-state index is 13.5. The number of methoxy groups -OCH3 is 2. The van der Waals surface area contributed by atoms with Crippen molar-refractivity contribution in [1.82, 2.24) is 14.2 Å². The average Bonchev–Trinajstić information content (AvgIpc) is 2.90. The quantitative estimate of drug-likeness (QED) is 0.511. The number of aliphatic hydroxyl groups is 1. The van der Waals surface area contributed by atoms with E-state index >= 15 is 0 Å². The van der Waals surface area contributed by atoms with E-state index < -0.39 is 22.2 Å². The minimum absolute atomic E-state index is 0.00671. The molecule has 1 aromatic heterocycles. The maximum Gasteiger partial charge on any atom is 0.259 e. The highest BCUT2D eigenvalue weighted by molar-refractivity contribution is 7.89. The van der Waals surface area contributed by atoms with Crippen LogP contribution in [-0.4, -0.2) is 93.3 Å². The van der Waals surface area contributed by atoms with Crippen molar-refractivity contribution in [2.75, 3.05) is 47.6 Å². The first-order chi connectivity index (χ1) is 17.6. The lowest BCUT2D eigenvalue weighted by atomic mass is 10.0. The zero-order valence-electron chi connectivity index (χ0n) is 21.7. The largest absolute Gasteiger partial charge is 0.497 e. The predicted molar refractivity (Wildman–Crippen MR) is 137 cm³/mol. The highest BCUT2D eigenvalue weighted by Gasteiger charge is 2.36. The fourth-order valence-electron chi connectivity index (χ4n) is 3.89. The van der Waals surface area contributed by atoms with E-state index in [2.05, 4.69) is 16.8 Å². The summed E-state index contributed by atoms with van der Waals surface area (Å²) in [6, 6.07) is 7.37. The number of hydrogen-bond acceptors (Lipinski definition) is 8. The van der Waals surface area contributed by atoms with Crippen molar-refractivity contribution >= 4 is 15.9 Å². The fraction of sp³-hybridized carbons (Fsp3) is 0.462. The van der Waals surface area contributed by atoms with Crippen molar-refractivity contribution in [3.05, 3.63) is 47.7 Å². The number of carbonyl (C=O) groups excluding carboxylic acids is 1. The van der Waals surface area contributed by atoms with Crippen LogP contribution >= 0.6 is 0 Å². The Hall–Kier alpha value is -3.17. The van der Waals surface area contributed by atoms with Crippen LogP contribution in [0.25, 0.3) is 0 Å². The van der Waals surface area contributed by atoms with Gasteiger partial charge in [-0.05, 0) is 25.1 Å². The second-order valence-electron chi connectivity index (χ2n) is 8.90. The summed E-state index contributed by atoms with van der Waals surface area (Å²) in [6.45, 7) is 3.87. The molecule has 1 N–H and O–H groups in total. The van der Waals surface area contributed by atoms with Gasteiger partial charge >= 0.3 is 0 Å². The minimum atomic E-state index is -3.86. The molecule has 0 bridgehead atoms. The van der Waals surface area contributed by atoms with Gasteiger partial charge in [0, 0.05) is 44.4 Å². The van der Waals surface area contributed by atoms with Gasteiger partial charge in [0.1, 0.15) is 24.0 Å². The first-order valence-corrected chi connectivity index (χ1v) is 13.2. The van der Waals surface area contributed by atoms with E-state index in [9.17, 15) is 18.3 Å². The summed E-state index contributed by atoms with van der Waals surface area (Å²) in [5.74, 6) is 5.62. The van der Waals surface area contributed by atoms with E-state index in [4.69, 9.17) is 14.2 Å². The minimum Gasteiger partial charge on any atom is -0.497 e. The van der Waals surface area contributed by atoms with E-state index in [-0.39, 0.29) is 54.5 Å². The zero-order valence-corrected chi connectivity index (χ0v) is 22.5. The summed E-state index contributed by atoms with van der Waals surface area (Å²) < 4.78 is 44.1. The second-order valence-corrected chi connectivity index (χ2v) is 10.9. The van der Waals surface area contributed by atoms with E-state index in [0.717, 1.165) is 0 Å². The van der Waals surface area contributed by atoms with Gasteiger partial charge in [0.2, 0.25) is 15.9 Å². The van der Waals surface area contributed by atoms with Crippen LogP contribution in [0.1, 0.15) is 29.8 Å². The van der Waals surface area contributed by atoms with Crippen molar-refractivity contribution in [3.63, 3.8) is 0 Å². The summed E-state index contributed by atoms with van der Waals surface area (Å²) >= 11 is 0. The Bertz CT molecular complexity index is 1270. The molecular formula is C26H33N3O7S. The smallest absolute Gasteiger partial charge is 0.259 e. The number of nitrogens with zero attached hydrogens (tertiary/aromatic N) is 3. The third kappa shape index (κ3) is 6.59. The van der Waals surface area contributed by atoms with Gasteiger partial charge in [-0.15, -0.1) is 0 Å². The topological polar surface area (TPSA) is 118 Å². The lowest BCUT2D eigenvalue weighted by molar-refractivity contribution is 0.0373. The number of sulfonamides is 1. The molecule has 3 rings (SSSR count). The Labute approximate surface area is 218 Å². The lowest BCUT2D eigenvalue weighted by Crippen LogP contribution is -2.50. The molecule has 1 aliphatic heterocycles. The molecule has 0 unspecified atom stereocenters. The van der Waals surface area contributed by atoms with Crippen molar-refractivity contribution < 1.29 is 32.5 Å². The Kier molecular flexibility index (Phi) is 9.50. The number of rotatable bonds is 8. The Morgan fingerprint density at radius 1 is 1.32 bits per heavy atom. The van der Waals surface area contributed by atoms with E-state index in [1.165, 1.54) is 43.9 Å². The molecule has 1 aliphatic rings. The normalized spacial score (nSPS) is 18.7. The molecule has 0 spiro atoms. The fourth-order valence-corrected chi connectivity index (χ4v) is 5.11. The van der Waals surface area contributed by atoms with Crippen LogP contribution in [0.2, 0.25) is 0 Å². The van der Waals surface area contributed by atoms with E-state index in [1.54, 1.807) is 30.0 Å². The van der Waals surface area contributed by atoms with Crippen LogP contribution in [0.5, 0.6) is 11.6 Å². The molecule has 10 nitrogen and oxygen atoms in total. The molecule has 0 saturated carbocycles. The van der Waals surface area contributed by atoms with Crippen LogP contribution in [0.3, 0.4) is 0 Å². The molecular weight excluding hydrogens is 498 g/mol. The molecule has 0 aliphatic carbocycles. The number of carbonyl (C=O) groups is 1. The van der Waals surface area contributed by atoms with Crippen LogP contribution in [0, 0.1) is 17.8 Å². The van der Waals surface area contributed by atoms with Crippen molar-refractivity contribution in [2.45, 2.75) is 30.9 Å². The van der Waals surface area contributed by atoms with Gasteiger partial charge in [0.25, 0.3) is 5.91 Å². The van der Waals surface area contributed by atoms with Crippen LogP contribution in [0.4, 0.5) is 0 Å². The summed E-state index contributed by atoms with van der Waals surface area (Å²) in [6.07, 6.45) is 0.859. The van der Waals surface area contributed by atoms with Crippen LogP contribution in [-0.2, 0) is 14.8 Å². The molecule has 0 radical (unpaired) electrons. The SMILES string of the molecule is COCC#Cc1cnc2c(c1)C(=O)N([C@@H](C)CO)C[C@H](C)[C@H](CN(C)S(=O)(=O)c1cccc(OC)c1)O2. The number of likely N-dealkylation sites (N-methyl/N-ethyl adjacent to an activating group) is 1. The first-order valence-electron chi connectivity index (χ1n) is 11.8. The zero-order chi connectivity index (χ0) is 27.2. The third-order valence-electron chi connectivity index (χ3n) is 6.16. The molecule has 11 heteroatoms. The van der Waals surface area contributed by atoms with Gasteiger partial charge in [-0.3, -0.25) is 4.79 Å². The molecule has 1 aromatic carbocycles. The summed E-state index contributed by atoms with van der Waals surface area (Å²) in [4.78, 5) is 19.5. The van der Waals surface area contributed by atoms with Gasteiger partial charge in [0.05, 0.1) is 31.2 Å². The van der Waals surface area contributed by atoms with Crippen molar-refractivity contribution in [1.29, 1.82) is 0 Å². The molecule has 200 valence electrons. The Morgan fingerprint density at radius 2 is 2.08 bits per heavy atom. The van der Waals surface area contributed by atoms with Gasteiger partial charge < -0.3 is 24.2 Å². The van der Waals surface area contributed by atoms with Gasteiger partial charge in [-0.2, -0.15) is 4.31 Å². The molecule has 3 atom stereocenters. The van der Waals surface area contributed by atoms with E-state index in [1.807, 2.05) is 6.92 Å². The van der Waals surface area contributed by atoms with Crippen molar-refractivity contribution in [2.24, 2.45) is 5.92 Å². The van der Waals surface area contributed by atoms with Crippen LogP contribution < -0.4 is 9.47 Å². The molecule has 1 amide bonds. The highest BCUT2D eigenvalue weighted by Crippen LogP contribution is 2.28. The molecule has 0 fully saturated rings. The molecule has 0 saturated heterocycles. The number of aliphatic hydroxyl groups excluding tert-OH is 1. The highest BCUT2D eigenvalue weighted by atomic mass is 32.2. The number of fused-ring (bicyclic) bond motifs is 1. The third-order valence-corrected chi connectivity index (χ3v) is 7.98. The summed E-state index contributed by atoms with van der Waals surface area (Å²) in [5, 5.41) is 9.81. The standard InChI is InChI=1S/C26H33N3O7S/c1-18-15-29(19(2)17-30)26(31)23-12-20(8-7-11-34-4)14-27-25(23)36-24(18)16-28(3)37(32,33)22-10-6-9-21(13-22)35-5/h6,9-10,12-14,18-19,24,30H,11,15-17H2,1-5H3/t18-,19-,24-/m0/s1.